The maximum absolute atomic E-state index is 14.0. The van der Waals surface area contributed by atoms with Gasteiger partial charge >= 0.3 is 0 Å². The lowest BCUT2D eigenvalue weighted by Crippen LogP contribution is -2.62. The lowest BCUT2D eigenvalue weighted by molar-refractivity contribution is -0.153. The van der Waals surface area contributed by atoms with Gasteiger partial charge in [0.25, 0.3) is 0 Å². The first-order chi connectivity index (χ1) is 14.9. The van der Waals surface area contributed by atoms with E-state index in [9.17, 15) is 14.9 Å². The molecule has 3 heteroatoms. The fraction of sp³-hybridized carbons (Fsp3) is 0.759. The van der Waals surface area contributed by atoms with E-state index < -0.39 is 5.41 Å². The third-order valence-electron chi connectivity index (χ3n) is 11.3. The highest BCUT2D eigenvalue weighted by Gasteiger charge is 2.66. The summed E-state index contributed by atoms with van der Waals surface area (Å²) in [6, 6.07) is 2.17. The van der Waals surface area contributed by atoms with Crippen LogP contribution < -0.4 is 0 Å². The third kappa shape index (κ3) is 2.65. The maximum Gasteiger partial charge on any atom is 0.176 e. The first-order valence-corrected chi connectivity index (χ1v) is 12.8. The van der Waals surface area contributed by atoms with Crippen LogP contribution in [0.4, 0.5) is 0 Å². The van der Waals surface area contributed by atoms with Crippen molar-refractivity contribution in [1.29, 1.82) is 5.26 Å². The molecule has 8 atom stereocenters. The van der Waals surface area contributed by atoms with Gasteiger partial charge in [-0.2, -0.15) is 5.26 Å². The van der Waals surface area contributed by atoms with Gasteiger partial charge < -0.3 is 0 Å². The molecule has 0 aromatic rings. The van der Waals surface area contributed by atoms with Gasteiger partial charge in [0.1, 0.15) is 6.07 Å². The van der Waals surface area contributed by atoms with E-state index in [0.29, 0.717) is 28.6 Å². The zero-order chi connectivity index (χ0) is 23.3. The van der Waals surface area contributed by atoms with E-state index in [2.05, 4.69) is 40.7 Å². The Hall–Kier alpha value is -1.69. The average molecular weight is 434 g/mol. The van der Waals surface area contributed by atoms with Crippen molar-refractivity contribution in [3.8, 4) is 6.07 Å². The maximum atomic E-state index is 14.0. The monoisotopic (exact) mass is 433 g/mol. The van der Waals surface area contributed by atoms with Crippen molar-refractivity contribution in [2.24, 2.45) is 51.2 Å². The van der Waals surface area contributed by atoms with E-state index in [0.717, 1.165) is 25.7 Å². The van der Waals surface area contributed by atoms with Crippen molar-refractivity contribution in [3.05, 3.63) is 23.3 Å². The summed E-state index contributed by atoms with van der Waals surface area (Å²) in [6.45, 7) is 13.8. The smallest absolute Gasteiger partial charge is 0.176 e. The van der Waals surface area contributed by atoms with Crippen LogP contribution in [-0.4, -0.2) is 11.6 Å². The van der Waals surface area contributed by atoms with Crippen LogP contribution in [-0.2, 0) is 9.59 Å². The van der Waals surface area contributed by atoms with Gasteiger partial charge in [0.15, 0.2) is 11.6 Å². The zero-order valence-electron chi connectivity index (χ0n) is 20.8. The van der Waals surface area contributed by atoms with Gasteiger partial charge in [0.05, 0.1) is 5.57 Å². The van der Waals surface area contributed by atoms with Gasteiger partial charge in [-0.1, -0.05) is 53.2 Å². The summed E-state index contributed by atoms with van der Waals surface area (Å²) >= 11 is 0. The summed E-state index contributed by atoms with van der Waals surface area (Å²) in [4.78, 5) is 26.8. The lowest BCUT2D eigenvalue weighted by Gasteiger charge is -2.66. The predicted octanol–water partition coefficient (Wildman–Crippen LogP) is 6.45. The number of allylic oxidation sites excluding steroid dienone is 4. The molecule has 0 aromatic carbocycles. The quantitative estimate of drug-likeness (QED) is 0.441. The van der Waals surface area contributed by atoms with E-state index in [1.54, 1.807) is 0 Å². The highest BCUT2D eigenvalue weighted by atomic mass is 16.1. The first kappa shape index (κ1) is 22.1. The van der Waals surface area contributed by atoms with E-state index in [1.165, 1.54) is 24.8 Å². The molecule has 3 fully saturated rings. The summed E-state index contributed by atoms with van der Waals surface area (Å²) in [5.41, 5.74) is 1.31. The van der Waals surface area contributed by atoms with Crippen molar-refractivity contribution in [2.45, 2.75) is 86.5 Å². The molecule has 0 heterocycles. The first-order valence-electron chi connectivity index (χ1n) is 12.8. The number of hydrogen-bond donors (Lipinski definition) is 0. The molecule has 0 aliphatic heterocycles. The molecule has 0 spiro atoms. The summed E-state index contributed by atoms with van der Waals surface area (Å²) in [7, 11) is 0. The van der Waals surface area contributed by atoms with Crippen LogP contribution in [0, 0.1) is 62.6 Å². The minimum atomic E-state index is -0.391. The van der Waals surface area contributed by atoms with Crippen LogP contribution >= 0.6 is 0 Å². The molecule has 0 N–H and O–H groups in total. The number of ketones is 2. The Kier molecular flexibility index (Phi) is 4.62. The van der Waals surface area contributed by atoms with Crippen LogP contribution in [0.1, 0.15) is 86.5 Å². The number of hydrogen-bond acceptors (Lipinski definition) is 3. The number of fused-ring (bicyclic) bond motifs is 7. The van der Waals surface area contributed by atoms with Crippen LogP contribution in [0.25, 0.3) is 0 Å². The lowest BCUT2D eigenvalue weighted by atomic mass is 9.36. The molecule has 32 heavy (non-hydrogen) atoms. The zero-order valence-corrected chi connectivity index (χ0v) is 20.8. The Balaban J connectivity index is 1.66. The standard InChI is InChI=1S/C29H39NO2/c1-17-21-9-12-28(5)23(27(21,4)14-19(16-30)25(17)32)13-22(31)24-20-15-26(2,3)10-7-18(20)8-11-29(24,28)6/h13-14,17-18,20-21,24H,7-12,15H2,1-6H3/t17-,18?,20?,21?,24?,27-,28+,29+/m0/s1. The topological polar surface area (TPSA) is 57.9 Å². The van der Waals surface area contributed by atoms with Gasteiger partial charge in [-0.3, -0.25) is 9.59 Å². The minimum Gasteiger partial charge on any atom is -0.295 e. The number of carbonyl (C=O) groups is 2. The summed E-state index contributed by atoms with van der Waals surface area (Å²) in [5, 5.41) is 9.69. The van der Waals surface area contributed by atoms with Gasteiger partial charge in [0, 0.05) is 17.3 Å². The summed E-state index contributed by atoms with van der Waals surface area (Å²) < 4.78 is 0. The fourth-order valence-electron chi connectivity index (χ4n) is 9.36. The molecular formula is C29H39NO2. The SMILES string of the molecule is C[C@@H]1C(=O)C(C#N)=C[C@]2(C)C3=CC(=O)C4C5CC(C)(C)CCC5CC[C@@]4(C)[C@]3(C)CCC12. The molecule has 0 amide bonds. The van der Waals surface area contributed by atoms with E-state index >= 15 is 0 Å². The highest BCUT2D eigenvalue weighted by Crippen LogP contribution is 2.72. The summed E-state index contributed by atoms with van der Waals surface area (Å²) in [5.74, 6) is 1.60. The Bertz CT molecular complexity index is 995. The van der Waals surface area contributed by atoms with Gasteiger partial charge in [-0.15, -0.1) is 0 Å². The van der Waals surface area contributed by atoms with Crippen molar-refractivity contribution >= 4 is 11.6 Å². The molecule has 3 saturated carbocycles. The molecule has 5 aliphatic carbocycles. The van der Waals surface area contributed by atoms with Crippen molar-refractivity contribution in [3.63, 3.8) is 0 Å². The fourth-order valence-corrected chi connectivity index (χ4v) is 9.36. The molecule has 172 valence electrons. The van der Waals surface area contributed by atoms with Crippen LogP contribution in [0.15, 0.2) is 23.3 Å². The number of Topliss-reactive ketones (excluding diaryl/α,β-unsaturated/α-hetero) is 1. The third-order valence-corrected chi connectivity index (χ3v) is 11.3. The van der Waals surface area contributed by atoms with E-state index in [-0.39, 0.29) is 34.4 Å². The van der Waals surface area contributed by atoms with Crippen molar-refractivity contribution < 1.29 is 9.59 Å². The number of nitrogens with zero attached hydrogens (tertiary/aromatic N) is 1. The van der Waals surface area contributed by atoms with E-state index in [1.807, 2.05) is 19.1 Å². The molecule has 5 rings (SSSR count). The highest BCUT2D eigenvalue weighted by molar-refractivity contribution is 6.02. The molecule has 0 radical (unpaired) electrons. The molecule has 3 nitrogen and oxygen atoms in total. The Morgan fingerprint density at radius 3 is 2.38 bits per heavy atom. The van der Waals surface area contributed by atoms with Crippen LogP contribution in [0.5, 0.6) is 0 Å². The largest absolute Gasteiger partial charge is 0.295 e. The second-order valence-corrected chi connectivity index (χ2v) is 13.3. The molecule has 0 saturated heterocycles. The van der Waals surface area contributed by atoms with Crippen LogP contribution in [0.2, 0.25) is 0 Å². The van der Waals surface area contributed by atoms with E-state index in [4.69, 9.17) is 0 Å². The van der Waals surface area contributed by atoms with Crippen molar-refractivity contribution in [1.82, 2.24) is 0 Å². The molecule has 0 bridgehead atoms. The number of nitriles is 1. The number of rotatable bonds is 0. The Labute approximate surface area is 193 Å². The van der Waals surface area contributed by atoms with Gasteiger partial charge in [-0.05, 0) is 85.0 Å². The predicted molar refractivity (Wildman–Crippen MR) is 125 cm³/mol. The molecular weight excluding hydrogens is 394 g/mol. The van der Waals surface area contributed by atoms with Crippen LogP contribution in [0.3, 0.4) is 0 Å². The minimum absolute atomic E-state index is 0.0182. The number of carbonyl (C=O) groups excluding carboxylic acids is 2. The van der Waals surface area contributed by atoms with Crippen molar-refractivity contribution in [2.75, 3.05) is 0 Å². The molecule has 0 aromatic heterocycles. The Morgan fingerprint density at radius 1 is 1.00 bits per heavy atom. The molecule has 4 unspecified atom stereocenters. The van der Waals surface area contributed by atoms with Gasteiger partial charge in [-0.25, -0.2) is 0 Å². The Morgan fingerprint density at radius 2 is 1.69 bits per heavy atom. The molecule has 5 aliphatic rings. The second-order valence-electron chi connectivity index (χ2n) is 13.3. The summed E-state index contributed by atoms with van der Waals surface area (Å²) in [6.07, 6.45) is 12.0. The second kappa shape index (κ2) is 6.68. The van der Waals surface area contributed by atoms with Gasteiger partial charge in [0.2, 0.25) is 0 Å². The normalized spacial score (nSPS) is 49.5. The average Bonchev–Trinajstić information content (AvgIpc) is 2.72.